The molecule has 0 saturated heterocycles. The van der Waals surface area contributed by atoms with E-state index in [-0.39, 0.29) is 0 Å². The Bertz CT molecular complexity index is 1340. The number of allylic oxidation sites excluding steroid dienone is 4. The molecule has 26 heavy (non-hydrogen) atoms. The van der Waals surface area contributed by atoms with Crippen LogP contribution in [0, 0.1) is 0 Å². The van der Waals surface area contributed by atoms with Crippen molar-refractivity contribution in [1.29, 1.82) is 0 Å². The first-order valence-electron chi connectivity index (χ1n) is 9.50. The Kier molecular flexibility index (Phi) is 2.68. The number of hydrogen-bond acceptors (Lipinski definition) is 0. The summed E-state index contributed by atoms with van der Waals surface area (Å²) in [4.78, 5) is 0. The minimum absolute atomic E-state index is 0.936. The summed E-state index contributed by atoms with van der Waals surface area (Å²) in [7, 11) is 0. The van der Waals surface area contributed by atoms with Gasteiger partial charge in [0.2, 0.25) is 0 Å². The van der Waals surface area contributed by atoms with E-state index >= 15 is 0 Å². The van der Waals surface area contributed by atoms with Gasteiger partial charge in [-0.25, -0.2) is 0 Å². The highest BCUT2D eigenvalue weighted by Gasteiger charge is 2.22. The molecule has 0 radical (unpaired) electrons. The van der Waals surface area contributed by atoms with Crippen LogP contribution in [0.3, 0.4) is 0 Å². The molecule has 3 aliphatic carbocycles. The van der Waals surface area contributed by atoms with Gasteiger partial charge in [-0.15, -0.1) is 0 Å². The van der Waals surface area contributed by atoms with Crippen LogP contribution in [0.15, 0.2) is 49.1 Å². The molecule has 0 atom stereocenters. The van der Waals surface area contributed by atoms with Crippen molar-refractivity contribution in [2.24, 2.45) is 0 Å². The third-order valence-corrected chi connectivity index (χ3v) is 6.42. The Morgan fingerprint density at radius 2 is 1.58 bits per heavy atom. The largest absolute Gasteiger partial charge is 0.0949 e. The van der Waals surface area contributed by atoms with E-state index in [2.05, 4.69) is 61.7 Å². The van der Waals surface area contributed by atoms with Crippen molar-refractivity contribution in [2.75, 3.05) is 0 Å². The Labute approximate surface area is 153 Å². The second kappa shape index (κ2) is 4.86. The van der Waals surface area contributed by atoms with Crippen LogP contribution in [-0.4, -0.2) is 0 Å². The molecule has 0 spiro atoms. The van der Waals surface area contributed by atoms with Crippen molar-refractivity contribution >= 4 is 45.3 Å². The molecular formula is C26H20. The second-order valence-electron chi connectivity index (χ2n) is 7.77. The van der Waals surface area contributed by atoms with Gasteiger partial charge in [-0.1, -0.05) is 61.7 Å². The van der Waals surface area contributed by atoms with Crippen molar-refractivity contribution in [3.05, 3.63) is 81.8 Å². The molecule has 0 heteroatoms. The monoisotopic (exact) mass is 332 g/mol. The third kappa shape index (κ3) is 1.65. The fourth-order valence-corrected chi connectivity index (χ4v) is 5.28. The second-order valence-corrected chi connectivity index (χ2v) is 7.77. The lowest BCUT2D eigenvalue weighted by Gasteiger charge is -2.24. The van der Waals surface area contributed by atoms with Crippen LogP contribution in [0.4, 0.5) is 0 Å². The predicted octanol–water partition coefficient (Wildman–Crippen LogP) is 5.04. The Morgan fingerprint density at radius 1 is 0.769 bits per heavy atom. The van der Waals surface area contributed by atoms with Crippen molar-refractivity contribution < 1.29 is 0 Å². The maximum absolute atomic E-state index is 4.59. The molecule has 3 aromatic rings. The molecule has 0 amide bonds. The van der Waals surface area contributed by atoms with E-state index in [0.717, 1.165) is 25.7 Å². The molecule has 0 fully saturated rings. The van der Waals surface area contributed by atoms with Gasteiger partial charge in [0.05, 0.1) is 0 Å². The standard InChI is InChI=1S/C26H20/c1-15-5-3-6-17-10-13-21-22-14-11-19-8-4-7-18-9-12-20(26(22)25(18)19)16(2)24(21)23(15)17/h3-4,6-7,10-11,13-14H,1-2,5,8-9,12H2. The fraction of sp³-hybridized carbons (Fsp3) is 0.154. The summed E-state index contributed by atoms with van der Waals surface area (Å²) in [6.07, 6.45) is 13.3. The Morgan fingerprint density at radius 3 is 2.50 bits per heavy atom. The molecule has 0 heterocycles. The molecular weight excluding hydrogens is 312 g/mol. The summed E-state index contributed by atoms with van der Waals surface area (Å²) in [6, 6.07) is 9.24. The van der Waals surface area contributed by atoms with Gasteiger partial charge >= 0.3 is 0 Å². The molecule has 0 aliphatic heterocycles. The van der Waals surface area contributed by atoms with Crippen molar-refractivity contribution in [2.45, 2.75) is 25.7 Å². The SMILES string of the molecule is C=C1CC=Cc2ccc3c(c21)c(=C)c1c2c4c(ccc23)CC=CC=4CC1. The molecule has 0 saturated carbocycles. The molecule has 3 aliphatic rings. The molecule has 6 rings (SSSR count). The molecule has 0 N–H and O–H groups in total. The van der Waals surface area contributed by atoms with Gasteiger partial charge in [0.1, 0.15) is 0 Å². The fourth-order valence-electron chi connectivity index (χ4n) is 5.28. The summed E-state index contributed by atoms with van der Waals surface area (Å²) < 4.78 is 0. The highest BCUT2D eigenvalue weighted by Crippen LogP contribution is 2.37. The van der Waals surface area contributed by atoms with E-state index in [1.54, 1.807) is 0 Å². The van der Waals surface area contributed by atoms with Gasteiger partial charge in [-0.3, -0.25) is 0 Å². The van der Waals surface area contributed by atoms with E-state index in [9.17, 15) is 0 Å². The molecule has 124 valence electrons. The van der Waals surface area contributed by atoms with Gasteiger partial charge in [-0.2, -0.15) is 0 Å². The van der Waals surface area contributed by atoms with Gasteiger partial charge in [0.15, 0.2) is 0 Å². The first-order chi connectivity index (χ1) is 12.7. The number of rotatable bonds is 0. The summed E-state index contributed by atoms with van der Waals surface area (Å²) in [6.45, 7) is 8.96. The van der Waals surface area contributed by atoms with E-state index in [4.69, 9.17) is 0 Å². The maximum atomic E-state index is 4.59. The highest BCUT2D eigenvalue weighted by atomic mass is 14.3. The average Bonchev–Trinajstić information content (AvgIpc) is 2.67. The number of hydrogen-bond donors (Lipinski definition) is 0. The minimum Gasteiger partial charge on any atom is -0.0949 e. The zero-order chi connectivity index (χ0) is 17.4. The van der Waals surface area contributed by atoms with Crippen molar-refractivity contribution in [3.63, 3.8) is 0 Å². The number of fused-ring (bicyclic) bond motifs is 4. The lowest BCUT2D eigenvalue weighted by Crippen LogP contribution is -2.26. The zero-order valence-electron chi connectivity index (χ0n) is 14.9. The van der Waals surface area contributed by atoms with Gasteiger partial charge in [0, 0.05) is 0 Å². The van der Waals surface area contributed by atoms with E-state index in [1.165, 1.54) is 65.4 Å². The lowest BCUT2D eigenvalue weighted by molar-refractivity contribution is 0.992. The molecule has 3 aromatic carbocycles. The average molecular weight is 332 g/mol. The minimum atomic E-state index is 0.936. The Balaban J connectivity index is 1.94. The first-order valence-corrected chi connectivity index (χ1v) is 9.50. The number of aryl methyl sites for hydroxylation is 1. The van der Waals surface area contributed by atoms with Crippen LogP contribution in [-0.2, 0) is 12.8 Å². The number of benzene rings is 3. The summed E-state index contributed by atoms with van der Waals surface area (Å²) in [5.41, 5.74) is 8.26. The predicted molar refractivity (Wildman–Crippen MR) is 113 cm³/mol. The van der Waals surface area contributed by atoms with Gasteiger partial charge < -0.3 is 0 Å². The van der Waals surface area contributed by atoms with Gasteiger partial charge in [0.25, 0.3) is 0 Å². The van der Waals surface area contributed by atoms with Crippen molar-refractivity contribution in [3.8, 4) is 0 Å². The lowest BCUT2D eigenvalue weighted by atomic mass is 9.79. The van der Waals surface area contributed by atoms with Crippen LogP contribution in [0.25, 0.3) is 45.3 Å². The Hall–Kier alpha value is -2.86. The van der Waals surface area contributed by atoms with Gasteiger partial charge in [-0.05, 0) is 91.1 Å². The highest BCUT2D eigenvalue weighted by molar-refractivity contribution is 6.14. The molecule has 0 unspecified atom stereocenters. The first kappa shape index (κ1) is 14.3. The van der Waals surface area contributed by atoms with Crippen LogP contribution in [0.2, 0.25) is 0 Å². The topological polar surface area (TPSA) is 0 Å². The summed E-state index contributed by atoms with van der Waals surface area (Å²) >= 11 is 0. The van der Waals surface area contributed by atoms with E-state index < -0.39 is 0 Å². The van der Waals surface area contributed by atoms with Crippen LogP contribution in [0.1, 0.15) is 35.1 Å². The third-order valence-electron chi connectivity index (χ3n) is 6.42. The normalized spacial score (nSPS) is 17.2. The van der Waals surface area contributed by atoms with E-state index in [0.29, 0.717) is 0 Å². The molecule has 0 bridgehead atoms. The van der Waals surface area contributed by atoms with Crippen LogP contribution in [0.5, 0.6) is 0 Å². The van der Waals surface area contributed by atoms with Crippen LogP contribution >= 0.6 is 0 Å². The molecule has 0 nitrogen and oxygen atoms in total. The zero-order valence-corrected chi connectivity index (χ0v) is 14.9. The molecule has 0 aromatic heterocycles. The smallest absolute Gasteiger partial charge is 0.00269 e. The van der Waals surface area contributed by atoms with Crippen LogP contribution < -0.4 is 10.4 Å². The summed E-state index contributed by atoms with van der Waals surface area (Å²) in [5.74, 6) is 0. The van der Waals surface area contributed by atoms with E-state index in [1.807, 2.05) is 0 Å². The summed E-state index contributed by atoms with van der Waals surface area (Å²) in [5, 5.41) is 8.23. The van der Waals surface area contributed by atoms with Crippen molar-refractivity contribution in [1.82, 2.24) is 0 Å². The maximum Gasteiger partial charge on any atom is -0.00269 e. The quantitative estimate of drug-likeness (QED) is 0.506.